The van der Waals surface area contributed by atoms with Crippen LogP contribution in [-0.4, -0.2) is 34.7 Å². The number of methoxy groups -OCH3 is 1. The molecule has 2 aromatic carbocycles. The van der Waals surface area contributed by atoms with E-state index in [0.717, 1.165) is 5.56 Å². The molecule has 0 aromatic heterocycles. The van der Waals surface area contributed by atoms with Crippen molar-refractivity contribution in [1.82, 2.24) is 4.72 Å². The van der Waals surface area contributed by atoms with Gasteiger partial charge in [-0.1, -0.05) is 18.2 Å². The number of fused-ring (bicyclic) bond motifs is 1. The molecule has 0 fully saturated rings. The van der Waals surface area contributed by atoms with Gasteiger partial charge < -0.3 is 18.9 Å². The van der Waals surface area contributed by atoms with Crippen molar-refractivity contribution in [3.8, 4) is 23.0 Å². The molecule has 0 saturated carbocycles. The van der Waals surface area contributed by atoms with Crippen LogP contribution >= 0.6 is 0 Å². The average Bonchev–Trinajstić information content (AvgIpc) is 3.12. The Bertz CT molecular complexity index is 853. The van der Waals surface area contributed by atoms with E-state index in [1.54, 1.807) is 31.4 Å². The van der Waals surface area contributed by atoms with E-state index in [2.05, 4.69) is 4.72 Å². The second-order valence-electron chi connectivity index (χ2n) is 5.67. The maximum atomic E-state index is 12.1. The first-order valence-electron chi connectivity index (χ1n) is 8.19. The molecule has 0 bridgehead atoms. The van der Waals surface area contributed by atoms with E-state index in [4.69, 9.17) is 18.9 Å². The minimum Gasteiger partial charge on any atom is -0.496 e. The van der Waals surface area contributed by atoms with E-state index >= 15 is 0 Å². The lowest BCUT2D eigenvalue weighted by Crippen LogP contribution is -2.27. The highest BCUT2D eigenvalue weighted by atomic mass is 32.2. The smallest absolute Gasteiger partial charge is 0.231 e. The van der Waals surface area contributed by atoms with Crippen LogP contribution in [0.15, 0.2) is 42.5 Å². The van der Waals surface area contributed by atoms with Gasteiger partial charge in [-0.15, -0.1) is 0 Å². The van der Waals surface area contributed by atoms with Crippen LogP contribution in [0.2, 0.25) is 0 Å². The van der Waals surface area contributed by atoms with E-state index in [1.165, 1.54) is 0 Å². The van der Waals surface area contributed by atoms with Gasteiger partial charge >= 0.3 is 0 Å². The van der Waals surface area contributed by atoms with Crippen molar-refractivity contribution in [2.24, 2.45) is 0 Å². The summed E-state index contributed by atoms with van der Waals surface area (Å²) in [5.74, 6) is 2.57. The molecule has 8 heteroatoms. The summed E-state index contributed by atoms with van der Waals surface area (Å²) in [5.41, 5.74) is 0.787. The highest BCUT2D eigenvalue weighted by Gasteiger charge is 2.14. The van der Waals surface area contributed by atoms with Gasteiger partial charge in [0.2, 0.25) is 16.8 Å². The molecule has 0 saturated heterocycles. The van der Waals surface area contributed by atoms with E-state index < -0.39 is 10.0 Å². The summed E-state index contributed by atoms with van der Waals surface area (Å²) in [4.78, 5) is 0. The lowest BCUT2D eigenvalue weighted by Gasteiger charge is -2.10. The molecule has 0 atom stereocenters. The van der Waals surface area contributed by atoms with Crippen molar-refractivity contribution in [3.05, 3.63) is 48.0 Å². The Morgan fingerprint density at radius 2 is 1.92 bits per heavy atom. The maximum Gasteiger partial charge on any atom is 0.231 e. The predicted molar refractivity (Wildman–Crippen MR) is 96.3 cm³/mol. The topological polar surface area (TPSA) is 83.1 Å². The van der Waals surface area contributed by atoms with Crippen LogP contribution in [-0.2, 0) is 16.6 Å². The summed E-state index contributed by atoms with van der Waals surface area (Å²) in [7, 11) is -1.84. The molecule has 2 aromatic rings. The number of rotatable bonds is 9. The summed E-state index contributed by atoms with van der Waals surface area (Å²) < 4.78 is 48.1. The van der Waals surface area contributed by atoms with Gasteiger partial charge in [0.05, 0.1) is 19.5 Å². The number of hydrogen-bond acceptors (Lipinski definition) is 6. The van der Waals surface area contributed by atoms with E-state index in [9.17, 15) is 8.42 Å². The molecule has 1 N–H and O–H groups in total. The summed E-state index contributed by atoms with van der Waals surface area (Å²) in [5, 5.41) is 0. The monoisotopic (exact) mass is 379 g/mol. The fraction of sp³-hybridized carbons (Fsp3) is 0.333. The molecule has 0 unspecified atom stereocenters. The Labute approximate surface area is 152 Å². The van der Waals surface area contributed by atoms with E-state index in [-0.39, 0.29) is 25.7 Å². The molecule has 1 aliphatic rings. The first kappa shape index (κ1) is 18.3. The molecule has 1 aliphatic heterocycles. The van der Waals surface area contributed by atoms with E-state index in [0.29, 0.717) is 29.4 Å². The predicted octanol–water partition coefficient (Wildman–Crippen LogP) is 2.31. The van der Waals surface area contributed by atoms with E-state index in [1.807, 2.05) is 18.2 Å². The minimum atomic E-state index is -3.40. The zero-order valence-electron chi connectivity index (χ0n) is 14.4. The van der Waals surface area contributed by atoms with Gasteiger partial charge in [0.25, 0.3) is 0 Å². The van der Waals surface area contributed by atoms with Gasteiger partial charge in [0.1, 0.15) is 11.5 Å². The Hall–Kier alpha value is -2.45. The highest BCUT2D eigenvalue weighted by molar-refractivity contribution is 7.89. The largest absolute Gasteiger partial charge is 0.496 e. The molecule has 0 aliphatic carbocycles. The summed E-state index contributed by atoms with van der Waals surface area (Å²) in [6.07, 6.45) is 0.371. The third kappa shape index (κ3) is 4.80. The standard InChI is InChI=1S/C18H21NO6S/c1-22-16-6-3-2-5-14(16)12-19-26(20,21)10-4-9-23-15-7-8-17-18(11-15)25-13-24-17/h2-3,5-8,11,19H,4,9-10,12-13H2,1H3. The van der Waals surface area contributed by atoms with Gasteiger partial charge in [0, 0.05) is 18.2 Å². The summed E-state index contributed by atoms with van der Waals surface area (Å²) in [6.45, 7) is 0.680. The molecule has 140 valence electrons. The van der Waals surface area contributed by atoms with Gasteiger partial charge in [0.15, 0.2) is 11.5 Å². The quantitative estimate of drug-likeness (QED) is 0.673. The first-order chi connectivity index (χ1) is 12.6. The second kappa shape index (κ2) is 8.29. The molecular weight excluding hydrogens is 358 g/mol. The van der Waals surface area contributed by atoms with Crippen molar-refractivity contribution in [1.29, 1.82) is 0 Å². The SMILES string of the molecule is COc1ccccc1CNS(=O)(=O)CCCOc1ccc2c(c1)OCO2. The lowest BCUT2D eigenvalue weighted by molar-refractivity contribution is 0.173. The van der Waals surface area contributed by atoms with Gasteiger partial charge in [-0.05, 0) is 24.6 Å². The zero-order valence-corrected chi connectivity index (χ0v) is 15.3. The number of nitrogens with one attached hydrogen (secondary N) is 1. The maximum absolute atomic E-state index is 12.1. The number of para-hydroxylation sites is 1. The molecule has 0 amide bonds. The summed E-state index contributed by atoms with van der Waals surface area (Å²) >= 11 is 0. The molecule has 1 heterocycles. The zero-order chi connectivity index (χ0) is 18.4. The van der Waals surface area contributed by atoms with Gasteiger partial charge in [-0.25, -0.2) is 13.1 Å². The average molecular weight is 379 g/mol. The van der Waals surface area contributed by atoms with Crippen molar-refractivity contribution in [2.45, 2.75) is 13.0 Å². The van der Waals surface area contributed by atoms with Crippen molar-refractivity contribution in [3.63, 3.8) is 0 Å². The van der Waals surface area contributed by atoms with Gasteiger partial charge in [-0.3, -0.25) is 0 Å². The van der Waals surface area contributed by atoms with Crippen LogP contribution in [0.25, 0.3) is 0 Å². The van der Waals surface area contributed by atoms with Crippen LogP contribution in [0.3, 0.4) is 0 Å². The van der Waals surface area contributed by atoms with Crippen molar-refractivity contribution >= 4 is 10.0 Å². The third-order valence-corrected chi connectivity index (χ3v) is 5.26. The molecule has 0 radical (unpaired) electrons. The Balaban J connectivity index is 1.43. The second-order valence-corrected chi connectivity index (χ2v) is 7.60. The molecule has 0 spiro atoms. The van der Waals surface area contributed by atoms with Crippen molar-refractivity contribution in [2.75, 3.05) is 26.3 Å². The molecule has 26 heavy (non-hydrogen) atoms. The highest BCUT2D eigenvalue weighted by Crippen LogP contribution is 2.35. The number of ether oxygens (including phenoxy) is 4. The van der Waals surface area contributed by atoms with Gasteiger partial charge in [-0.2, -0.15) is 0 Å². The fourth-order valence-electron chi connectivity index (χ4n) is 2.51. The number of hydrogen-bond donors (Lipinski definition) is 1. The van der Waals surface area contributed by atoms with Crippen LogP contribution in [0.4, 0.5) is 0 Å². The van der Waals surface area contributed by atoms with Crippen LogP contribution in [0, 0.1) is 0 Å². The van der Waals surface area contributed by atoms with Crippen LogP contribution in [0.1, 0.15) is 12.0 Å². The van der Waals surface area contributed by atoms with Crippen LogP contribution < -0.4 is 23.7 Å². The fourth-order valence-corrected chi connectivity index (χ4v) is 3.53. The lowest BCUT2D eigenvalue weighted by atomic mass is 10.2. The van der Waals surface area contributed by atoms with Crippen LogP contribution in [0.5, 0.6) is 23.0 Å². The normalized spacial score (nSPS) is 12.8. The number of benzene rings is 2. The Kier molecular flexibility index (Phi) is 5.85. The molecule has 7 nitrogen and oxygen atoms in total. The first-order valence-corrected chi connectivity index (χ1v) is 9.84. The molecular formula is C18H21NO6S. The molecule has 3 rings (SSSR count). The van der Waals surface area contributed by atoms with Crippen molar-refractivity contribution < 1.29 is 27.4 Å². The Morgan fingerprint density at radius 3 is 2.77 bits per heavy atom. The summed E-state index contributed by atoms with van der Waals surface area (Å²) in [6, 6.07) is 12.6. The Morgan fingerprint density at radius 1 is 1.12 bits per heavy atom. The number of sulfonamides is 1. The minimum absolute atomic E-state index is 0.0211. The third-order valence-electron chi connectivity index (χ3n) is 3.85.